The maximum absolute atomic E-state index is 13.4. The summed E-state index contributed by atoms with van der Waals surface area (Å²) in [5.41, 5.74) is 1.50. The third-order valence-electron chi connectivity index (χ3n) is 6.74. The normalized spacial score (nSPS) is 21.0. The van der Waals surface area contributed by atoms with E-state index in [-0.39, 0.29) is 23.8 Å². The molecule has 1 aromatic heterocycles. The summed E-state index contributed by atoms with van der Waals surface area (Å²) < 4.78 is 0. The molecule has 8 nitrogen and oxygen atoms in total. The van der Waals surface area contributed by atoms with Gasteiger partial charge in [-0.05, 0) is 42.7 Å². The van der Waals surface area contributed by atoms with E-state index in [9.17, 15) is 14.7 Å². The van der Waals surface area contributed by atoms with Crippen LogP contribution in [0.5, 0.6) is 0 Å². The van der Waals surface area contributed by atoms with Crippen LogP contribution in [0.2, 0.25) is 5.02 Å². The quantitative estimate of drug-likeness (QED) is 0.739. The summed E-state index contributed by atoms with van der Waals surface area (Å²) in [7, 11) is 1.56. The van der Waals surface area contributed by atoms with E-state index in [2.05, 4.69) is 16.0 Å². The number of aromatic nitrogens is 1. The first-order chi connectivity index (χ1) is 15.9. The van der Waals surface area contributed by atoms with Crippen molar-refractivity contribution >= 4 is 29.4 Å². The van der Waals surface area contributed by atoms with Crippen molar-refractivity contribution in [3.8, 4) is 6.07 Å². The number of likely N-dealkylation sites (tertiary alicyclic amines) is 1. The van der Waals surface area contributed by atoms with Crippen molar-refractivity contribution in [3.63, 3.8) is 0 Å². The molecular weight excluding hydrogens is 442 g/mol. The Bertz CT molecular complexity index is 1050. The van der Waals surface area contributed by atoms with Gasteiger partial charge in [0.05, 0.1) is 11.6 Å². The minimum atomic E-state index is -1.00. The van der Waals surface area contributed by atoms with Crippen LogP contribution in [0.1, 0.15) is 29.9 Å². The van der Waals surface area contributed by atoms with E-state index in [0.29, 0.717) is 49.6 Å². The number of amides is 2. The van der Waals surface area contributed by atoms with Gasteiger partial charge in [-0.25, -0.2) is 9.78 Å². The van der Waals surface area contributed by atoms with E-state index in [0.717, 1.165) is 11.4 Å². The largest absolute Gasteiger partial charge is 0.465 e. The van der Waals surface area contributed by atoms with Crippen LogP contribution in [-0.4, -0.2) is 71.2 Å². The molecule has 3 heterocycles. The molecule has 33 heavy (non-hydrogen) atoms. The Kier molecular flexibility index (Phi) is 6.70. The third kappa shape index (κ3) is 4.88. The van der Waals surface area contributed by atoms with Crippen molar-refractivity contribution in [1.82, 2.24) is 14.8 Å². The van der Waals surface area contributed by atoms with Gasteiger partial charge in [-0.15, -0.1) is 0 Å². The first kappa shape index (κ1) is 22.9. The lowest BCUT2D eigenvalue weighted by molar-refractivity contribution is -0.135. The third-order valence-corrected chi connectivity index (χ3v) is 7.00. The van der Waals surface area contributed by atoms with E-state index in [1.165, 1.54) is 4.90 Å². The van der Waals surface area contributed by atoms with Gasteiger partial charge in [-0.1, -0.05) is 23.7 Å². The van der Waals surface area contributed by atoms with Gasteiger partial charge in [0.2, 0.25) is 5.91 Å². The van der Waals surface area contributed by atoms with E-state index in [4.69, 9.17) is 16.9 Å². The van der Waals surface area contributed by atoms with Gasteiger partial charge < -0.3 is 19.8 Å². The molecular formula is C24H26ClN5O3. The molecule has 0 unspecified atom stereocenters. The van der Waals surface area contributed by atoms with Crippen LogP contribution in [0, 0.1) is 17.2 Å². The number of halogens is 1. The number of anilines is 1. The Hall–Kier alpha value is -3.31. The minimum Gasteiger partial charge on any atom is -0.465 e. The molecule has 0 bridgehead atoms. The second-order valence-corrected chi connectivity index (χ2v) is 9.08. The molecule has 0 radical (unpaired) electrons. The maximum atomic E-state index is 13.4. The van der Waals surface area contributed by atoms with Crippen molar-refractivity contribution in [3.05, 3.63) is 58.7 Å². The van der Waals surface area contributed by atoms with Gasteiger partial charge in [-0.3, -0.25) is 4.79 Å². The van der Waals surface area contributed by atoms with Crippen molar-refractivity contribution in [2.75, 3.05) is 38.1 Å². The highest BCUT2D eigenvalue weighted by atomic mass is 35.5. The van der Waals surface area contributed by atoms with E-state index < -0.39 is 6.09 Å². The highest BCUT2D eigenvalue weighted by molar-refractivity contribution is 6.30. The summed E-state index contributed by atoms with van der Waals surface area (Å²) >= 11 is 6.03. The van der Waals surface area contributed by atoms with Crippen LogP contribution < -0.4 is 4.90 Å². The number of hydrogen-bond donors (Lipinski definition) is 1. The standard InChI is InChI=1S/C24H26ClN5O3/c1-28(24(32)33)21-15-30(14-20(21)17-3-5-19(25)6-4-17)23(31)18-8-10-29(11-9-18)22-7-2-16(12-26)13-27-22/h2-7,13,18,20-21H,8-11,14-15H2,1H3,(H,32,33)/t20-,21+/m1/s1. The second kappa shape index (κ2) is 9.67. The lowest BCUT2D eigenvalue weighted by atomic mass is 9.93. The highest BCUT2D eigenvalue weighted by Crippen LogP contribution is 2.34. The van der Waals surface area contributed by atoms with Crippen molar-refractivity contribution in [1.29, 1.82) is 5.26 Å². The van der Waals surface area contributed by atoms with Gasteiger partial charge in [0.1, 0.15) is 11.9 Å². The zero-order valence-corrected chi connectivity index (χ0v) is 19.1. The van der Waals surface area contributed by atoms with Crippen molar-refractivity contribution in [2.45, 2.75) is 24.8 Å². The smallest absolute Gasteiger partial charge is 0.407 e. The molecule has 9 heteroatoms. The number of nitrogens with zero attached hydrogens (tertiary/aromatic N) is 5. The number of rotatable bonds is 4. The van der Waals surface area contributed by atoms with Crippen LogP contribution >= 0.6 is 11.6 Å². The molecule has 2 fully saturated rings. The summed E-state index contributed by atoms with van der Waals surface area (Å²) in [5, 5.41) is 19.1. The molecule has 0 saturated carbocycles. The molecule has 2 aliphatic heterocycles. The Labute approximate surface area is 198 Å². The SMILES string of the molecule is CN(C(=O)O)[C@H]1CN(C(=O)C2CCN(c3ccc(C#N)cn3)CC2)C[C@@H]1c1ccc(Cl)cc1. The number of nitriles is 1. The summed E-state index contributed by atoms with van der Waals surface area (Å²) in [6.07, 6.45) is 1.98. The number of carbonyl (C=O) groups excluding carboxylic acids is 1. The molecule has 2 aliphatic rings. The number of benzene rings is 1. The van der Waals surface area contributed by atoms with Gasteiger partial charge in [0.25, 0.3) is 0 Å². The summed E-state index contributed by atoms with van der Waals surface area (Å²) in [6.45, 7) is 2.29. The van der Waals surface area contributed by atoms with E-state index in [1.807, 2.05) is 23.1 Å². The molecule has 4 rings (SSSR count). The molecule has 2 saturated heterocycles. The Morgan fingerprint density at radius 3 is 2.42 bits per heavy atom. The molecule has 2 aromatic rings. The molecule has 1 aromatic carbocycles. The average Bonchev–Trinajstić information content (AvgIpc) is 3.29. The lowest BCUT2D eigenvalue weighted by Gasteiger charge is -2.34. The van der Waals surface area contributed by atoms with E-state index in [1.54, 1.807) is 31.4 Å². The average molecular weight is 468 g/mol. The van der Waals surface area contributed by atoms with Gasteiger partial charge in [-0.2, -0.15) is 5.26 Å². The maximum Gasteiger partial charge on any atom is 0.407 e. The number of carboxylic acid groups (broad SMARTS) is 1. The fraction of sp³-hybridized carbons (Fsp3) is 0.417. The van der Waals surface area contributed by atoms with Crippen LogP contribution in [0.4, 0.5) is 10.6 Å². The summed E-state index contributed by atoms with van der Waals surface area (Å²) in [4.78, 5) is 34.7. The van der Waals surface area contributed by atoms with Crippen LogP contribution in [0.15, 0.2) is 42.6 Å². The summed E-state index contributed by atoms with van der Waals surface area (Å²) in [5.74, 6) is 0.698. The fourth-order valence-electron chi connectivity index (χ4n) is 4.79. The van der Waals surface area contributed by atoms with Crippen LogP contribution in [0.3, 0.4) is 0 Å². The van der Waals surface area contributed by atoms with Gasteiger partial charge in [0, 0.05) is 56.3 Å². The molecule has 0 aliphatic carbocycles. The zero-order valence-electron chi connectivity index (χ0n) is 18.4. The predicted octanol–water partition coefficient (Wildman–Crippen LogP) is 3.43. The number of pyridine rings is 1. The van der Waals surface area contributed by atoms with Crippen molar-refractivity contribution < 1.29 is 14.7 Å². The first-order valence-corrected chi connectivity index (χ1v) is 11.4. The minimum absolute atomic E-state index is 0.0858. The molecule has 172 valence electrons. The summed E-state index contributed by atoms with van der Waals surface area (Å²) in [6, 6.07) is 12.8. The predicted molar refractivity (Wildman–Crippen MR) is 124 cm³/mol. The second-order valence-electron chi connectivity index (χ2n) is 8.64. The Balaban J connectivity index is 1.43. The van der Waals surface area contributed by atoms with Crippen LogP contribution in [0.25, 0.3) is 0 Å². The molecule has 1 N–H and O–H groups in total. The number of likely N-dealkylation sites (N-methyl/N-ethyl adjacent to an activating group) is 1. The zero-order chi connectivity index (χ0) is 23.5. The first-order valence-electron chi connectivity index (χ1n) is 11.0. The van der Waals surface area contributed by atoms with Crippen LogP contribution in [-0.2, 0) is 4.79 Å². The Morgan fingerprint density at radius 1 is 1.15 bits per heavy atom. The molecule has 2 atom stereocenters. The van der Waals surface area contributed by atoms with Gasteiger partial charge in [0.15, 0.2) is 0 Å². The highest BCUT2D eigenvalue weighted by Gasteiger charge is 2.42. The number of hydrogen-bond acceptors (Lipinski definition) is 5. The van der Waals surface area contributed by atoms with E-state index >= 15 is 0 Å². The number of carbonyl (C=O) groups is 2. The number of piperidine rings is 1. The fourth-order valence-corrected chi connectivity index (χ4v) is 4.92. The molecule has 2 amide bonds. The van der Waals surface area contributed by atoms with Crippen molar-refractivity contribution in [2.24, 2.45) is 5.92 Å². The molecule has 0 spiro atoms. The topological polar surface area (TPSA) is 101 Å². The lowest BCUT2D eigenvalue weighted by Crippen LogP contribution is -2.44. The Morgan fingerprint density at radius 2 is 1.85 bits per heavy atom. The monoisotopic (exact) mass is 467 g/mol. The van der Waals surface area contributed by atoms with Gasteiger partial charge >= 0.3 is 6.09 Å².